The Morgan fingerprint density at radius 3 is 1.76 bits per heavy atom. The Labute approximate surface area is 358 Å². The smallest absolute Gasteiger partial charge is 0.160 e. The van der Waals surface area contributed by atoms with Crippen molar-refractivity contribution in [3.63, 3.8) is 0 Å². The molecule has 0 radical (unpaired) electrons. The third kappa shape index (κ3) is 4.98. The molecule has 2 aliphatic carbocycles. The molecule has 3 aromatic heterocycles. The third-order valence-corrected chi connectivity index (χ3v) is 13.0. The van der Waals surface area contributed by atoms with Gasteiger partial charge in [0.25, 0.3) is 0 Å². The molecule has 0 N–H and O–H groups in total. The predicted octanol–water partition coefficient (Wildman–Crippen LogP) is 14.4. The normalized spacial score (nSPS) is 14.5. The molecular weight excluding hydrogens is 755 g/mol. The van der Waals surface area contributed by atoms with Crippen molar-refractivity contribution < 1.29 is 4.42 Å². The Bertz CT molecular complexity index is 3570. The van der Waals surface area contributed by atoms with E-state index in [4.69, 9.17) is 14.4 Å². The molecule has 0 saturated carbocycles. The van der Waals surface area contributed by atoms with E-state index in [9.17, 15) is 0 Å². The number of benzene rings is 8. The molecule has 3 heterocycles. The molecule has 0 aliphatic heterocycles. The topological polar surface area (TPSA) is 51.8 Å². The van der Waals surface area contributed by atoms with Crippen LogP contribution in [0.15, 0.2) is 217 Å². The maximum atomic E-state index is 6.57. The van der Waals surface area contributed by atoms with Crippen LogP contribution in [0.4, 0.5) is 0 Å². The van der Waals surface area contributed by atoms with Crippen molar-refractivity contribution in [3.05, 3.63) is 235 Å². The van der Waals surface area contributed by atoms with Gasteiger partial charge in [-0.15, -0.1) is 0 Å². The number of pyridine rings is 1. The van der Waals surface area contributed by atoms with Crippen LogP contribution in [0, 0.1) is 0 Å². The SMILES string of the molecule is c1ccc(-c2nc(-c3ccc(-c4cccnc4)cc3)cc(-c3ccc4c(c3)C3(c5ccccc5-c5ccccc5-4)c4ccccc4-c4c3ccc3oc5ccccc5c43)n2)cc1. The number of hydrogen-bond acceptors (Lipinski definition) is 4. The molecule has 0 bridgehead atoms. The molecule has 1 spiro atoms. The Morgan fingerprint density at radius 1 is 0.371 bits per heavy atom. The molecule has 1 atom stereocenters. The number of fused-ring (bicyclic) bond motifs is 16. The Morgan fingerprint density at radius 2 is 0.984 bits per heavy atom. The van der Waals surface area contributed by atoms with Crippen LogP contribution in [-0.2, 0) is 5.41 Å². The van der Waals surface area contributed by atoms with Gasteiger partial charge >= 0.3 is 0 Å². The maximum absolute atomic E-state index is 6.57. The molecule has 288 valence electrons. The van der Waals surface area contributed by atoms with Gasteiger partial charge in [0.2, 0.25) is 0 Å². The molecule has 0 fully saturated rings. The average molecular weight is 790 g/mol. The fraction of sp³-hybridized carbons (Fsp3) is 0.0172. The largest absolute Gasteiger partial charge is 0.456 e. The number of hydrogen-bond donors (Lipinski definition) is 0. The summed E-state index contributed by atoms with van der Waals surface area (Å²) < 4.78 is 6.57. The summed E-state index contributed by atoms with van der Waals surface area (Å²) in [7, 11) is 0. The summed E-state index contributed by atoms with van der Waals surface area (Å²) in [6.45, 7) is 0. The summed E-state index contributed by atoms with van der Waals surface area (Å²) >= 11 is 0. The zero-order valence-electron chi connectivity index (χ0n) is 33.5. The van der Waals surface area contributed by atoms with E-state index in [1.165, 1.54) is 55.6 Å². The average Bonchev–Trinajstić information content (AvgIpc) is 3.85. The van der Waals surface area contributed by atoms with Gasteiger partial charge in [-0.05, 0) is 97.1 Å². The van der Waals surface area contributed by atoms with Crippen LogP contribution in [0.25, 0.3) is 100 Å². The molecule has 4 nitrogen and oxygen atoms in total. The van der Waals surface area contributed by atoms with Crippen molar-refractivity contribution >= 4 is 21.9 Å². The standard InChI is InChI=1S/C58H35N3O/c1-2-13-38(14-3-1)57-60-51(37-26-24-36(25-27-37)40-15-12-32-59-35-40)34-52(61-57)39-28-29-44-42-17-5-4-16-41(42)43-18-6-9-21-47(43)58(50(44)33-39)48-22-10-7-19-45(48)55-49(58)30-31-54-56(55)46-20-8-11-23-53(46)62-54/h1-35H. The lowest BCUT2D eigenvalue weighted by molar-refractivity contribution is 0.668. The highest BCUT2D eigenvalue weighted by molar-refractivity contribution is 6.16. The number of furan rings is 1. The second-order valence-corrected chi connectivity index (χ2v) is 16.3. The van der Waals surface area contributed by atoms with Crippen LogP contribution in [0.2, 0.25) is 0 Å². The van der Waals surface area contributed by atoms with Crippen molar-refractivity contribution in [2.75, 3.05) is 0 Å². The van der Waals surface area contributed by atoms with E-state index >= 15 is 0 Å². The van der Waals surface area contributed by atoms with Gasteiger partial charge < -0.3 is 4.42 Å². The first-order chi connectivity index (χ1) is 30.7. The van der Waals surface area contributed by atoms with E-state index in [1.807, 2.05) is 30.5 Å². The van der Waals surface area contributed by atoms with E-state index in [-0.39, 0.29) is 0 Å². The van der Waals surface area contributed by atoms with Gasteiger partial charge in [0.05, 0.1) is 16.8 Å². The Kier molecular flexibility index (Phi) is 7.49. The molecule has 62 heavy (non-hydrogen) atoms. The van der Waals surface area contributed by atoms with E-state index in [1.54, 1.807) is 6.20 Å². The van der Waals surface area contributed by atoms with Crippen LogP contribution < -0.4 is 0 Å². The second-order valence-electron chi connectivity index (χ2n) is 16.3. The van der Waals surface area contributed by atoms with Crippen molar-refractivity contribution in [3.8, 4) is 78.4 Å². The van der Waals surface area contributed by atoms with Gasteiger partial charge in [-0.25, -0.2) is 9.97 Å². The van der Waals surface area contributed by atoms with Crippen LogP contribution in [0.3, 0.4) is 0 Å². The van der Waals surface area contributed by atoms with E-state index in [0.717, 1.165) is 61.1 Å². The molecule has 0 saturated heterocycles. The van der Waals surface area contributed by atoms with Gasteiger partial charge in [0.1, 0.15) is 11.2 Å². The molecule has 4 heteroatoms. The maximum Gasteiger partial charge on any atom is 0.160 e. The molecule has 13 rings (SSSR count). The van der Waals surface area contributed by atoms with Gasteiger partial charge in [0, 0.05) is 39.9 Å². The summed E-state index contributed by atoms with van der Waals surface area (Å²) in [5.74, 6) is 0.681. The minimum Gasteiger partial charge on any atom is -0.456 e. The predicted molar refractivity (Wildman–Crippen MR) is 251 cm³/mol. The van der Waals surface area contributed by atoms with Crippen LogP contribution in [-0.4, -0.2) is 15.0 Å². The molecule has 11 aromatic rings. The molecular formula is C58H35N3O. The van der Waals surface area contributed by atoms with E-state index < -0.39 is 5.41 Å². The van der Waals surface area contributed by atoms with E-state index in [0.29, 0.717) is 5.82 Å². The third-order valence-electron chi connectivity index (χ3n) is 13.0. The van der Waals surface area contributed by atoms with Crippen molar-refractivity contribution in [2.24, 2.45) is 0 Å². The zero-order chi connectivity index (χ0) is 40.8. The van der Waals surface area contributed by atoms with Crippen LogP contribution in [0.1, 0.15) is 22.3 Å². The minimum absolute atomic E-state index is 0.681. The first kappa shape index (κ1) is 34.6. The highest BCUT2D eigenvalue weighted by atomic mass is 16.3. The number of aromatic nitrogens is 3. The summed E-state index contributed by atoms with van der Waals surface area (Å²) in [5.41, 5.74) is 20.3. The fourth-order valence-corrected chi connectivity index (χ4v) is 10.4. The van der Waals surface area contributed by atoms with Crippen molar-refractivity contribution in [2.45, 2.75) is 5.41 Å². The Balaban J connectivity index is 1.11. The lowest BCUT2D eigenvalue weighted by Gasteiger charge is -2.35. The molecule has 8 aromatic carbocycles. The van der Waals surface area contributed by atoms with Gasteiger partial charge in [0.15, 0.2) is 5.82 Å². The Hall–Kier alpha value is -8.21. The molecule has 2 aliphatic rings. The van der Waals surface area contributed by atoms with Crippen LogP contribution in [0.5, 0.6) is 0 Å². The summed E-state index contributed by atoms with van der Waals surface area (Å²) in [6.07, 6.45) is 3.70. The highest BCUT2D eigenvalue weighted by Crippen LogP contribution is 2.63. The molecule has 0 amide bonds. The monoisotopic (exact) mass is 789 g/mol. The lowest BCUT2D eigenvalue weighted by atomic mass is 9.65. The van der Waals surface area contributed by atoms with Gasteiger partial charge in [-0.1, -0.05) is 170 Å². The van der Waals surface area contributed by atoms with Gasteiger partial charge in [-0.2, -0.15) is 0 Å². The zero-order valence-corrected chi connectivity index (χ0v) is 33.5. The second kappa shape index (κ2) is 13.4. The number of para-hydroxylation sites is 1. The quantitative estimate of drug-likeness (QED) is 0.178. The van der Waals surface area contributed by atoms with Crippen LogP contribution >= 0.6 is 0 Å². The first-order valence-electron chi connectivity index (χ1n) is 21.1. The summed E-state index contributed by atoms with van der Waals surface area (Å²) in [6, 6.07) is 72.0. The summed E-state index contributed by atoms with van der Waals surface area (Å²) in [5, 5.41) is 2.28. The first-order valence-corrected chi connectivity index (χ1v) is 21.1. The van der Waals surface area contributed by atoms with E-state index in [2.05, 4.69) is 181 Å². The highest BCUT2D eigenvalue weighted by Gasteiger charge is 2.50. The number of rotatable bonds is 4. The van der Waals surface area contributed by atoms with Crippen molar-refractivity contribution in [1.29, 1.82) is 0 Å². The lowest BCUT2D eigenvalue weighted by Crippen LogP contribution is -2.29. The minimum atomic E-state index is -0.681. The van der Waals surface area contributed by atoms with Crippen molar-refractivity contribution in [1.82, 2.24) is 15.0 Å². The molecule has 1 unspecified atom stereocenters. The summed E-state index contributed by atoms with van der Waals surface area (Å²) in [4.78, 5) is 14.9. The number of nitrogens with zero attached hydrogens (tertiary/aromatic N) is 3. The fourth-order valence-electron chi connectivity index (χ4n) is 10.4. The van der Waals surface area contributed by atoms with Gasteiger partial charge in [-0.3, -0.25) is 4.98 Å².